The van der Waals surface area contributed by atoms with Crippen molar-refractivity contribution < 1.29 is 19.1 Å². The van der Waals surface area contributed by atoms with Gasteiger partial charge in [-0.3, -0.25) is 19.4 Å². The Balaban J connectivity index is 1.81. The standard InChI is InChI=1S/C27H24N4O4/c1-3-5-19-15-21(7-9-23(19)34-17-28)30-25(32)11-13-27(30)14-12-26(33)31(27)22-8-10-24(35-18-29)20(16-22)6-4-2/h3-4,7-10,15-16H,1-2,5-6,11-14H2. The molecule has 0 unspecified atom stereocenters. The zero-order chi connectivity index (χ0) is 25.0. The van der Waals surface area contributed by atoms with E-state index >= 15 is 0 Å². The van der Waals surface area contributed by atoms with E-state index in [0.29, 0.717) is 61.4 Å². The van der Waals surface area contributed by atoms with Gasteiger partial charge in [0.1, 0.15) is 17.2 Å². The van der Waals surface area contributed by atoms with Crippen molar-refractivity contribution in [3.05, 3.63) is 72.8 Å². The number of allylic oxidation sites excluding steroid dienone is 2. The van der Waals surface area contributed by atoms with E-state index in [-0.39, 0.29) is 11.8 Å². The molecule has 0 N–H and O–H groups in total. The minimum atomic E-state index is -0.861. The predicted octanol–water partition coefficient (Wildman–Crippen LogP) is 4.51. The number of ether oxygens (including phenoxy) is 2. The molecule has 35 heavy (non-hydrogen) atoms. The number of carbonyl (C=O) groups is 2. The maximum absolute atomic E-state index is 13.2. The summed E-state index contributed by atoms with van der Waals surface area (Å²) in [7, 11) is 0. The fraction of sp³-hybridized carbons (Fsp3) is 0.259. The third-order valence-electron chi connectivity index (χ3n) is 6.45. The Labute approximate surface area is 203 Å². The highest BCUT2D eigenvalue weighted by molar-refractivity contribution is 6.05. The average molecular weight is 469 g/mol. The Hall–Kier alpha value is -4.56. The van der Waals surface area contributed by atoms with Gasteiger partial charge in [0.25, 0.3) is 12.5 Å². The highest BCUT2D eigenvalue weighted by Crippen LogP contribution is 2.48. The van der Waals surface area contributed by atoms with Crippen molar-refractivity contribution in [3.63, 3.8) is 0 Å². The lowest BCUT2D eigenvalue weighted by molar-refractivity contribution is -0.117. The van der Waals surface area contributed by atoms with Crippen LogP contribution < -0.4 is 19.3 Å². The summed E-state index contributed by atoms with van der Waals surface area (Å²) in [6.07, 6.45) is 9.24. The van der Waals surface area contributed by atoms with Crippen LogP contribution in [0.25, 0.3) is 0 Å². The lowest BCUT2D eigenvalue weighted by Crippen LogP contribution is -2.56. The van der Waals surface area contributed by atoms with Gasteiger partial charge in [0.2, 0.25) is 11.8 Å². The summed E-state index contributed by atoms with van der Waals surface area (Å²) in [6.45, 7) is 7.53. The van der Waals surface area contributed by atoms with Gasteiger partial charge in [-0.2, -0.15) is 0 Å². The number of benzene rings is 2. The first-order chi connectivity index (χ1) is 17.0. The molecule has 8 nitrogen and oxygen atoms in total. The molecule has 2 fully saturated rings. The number of rotatable bonds is 8. The predicted molar refractivity (Wildman–Crippen MR) is 129 cm³/mol. The molecule has 1 spiro atoms. The summed E-state index contributed by atoms with van der Waals surface area (Å²) in [6, 6.07) is 10.4. The van der Waals surface area contributed by atoms with Gasteiger partial charge in [-0.1, -0.05) is 12.2 Å². The first-order valence-electron chi connectivity index (χ1n) is 11.2. The lowest BCUT2D eigenvalue weighted by atomic mass is 10.0. The van der Waals surface area contributed by atoms with Crippen LogP contribution in [0.5, 0.6) is 11.5 Å². The molecule has 2 aliphatic heterocycles. The largest absolute Gasteiger partial charge is 0.388 e. The molecular formula is C27H24N4O4. The molecule has 2 aromatic carbocycles. The van der Waals surface area contributed by atoms with E-state index in [9.17, 15) is 9.59 Å². The SMILES string of the molecule is C=CCc1cc(N2C(=O)CCC23CCC(=O)N3c2ccc(OC#N)c(CC=C)c2)ccc1OC#N. The van der Waals surface area contributed by atoms with Crippen LogP contribution in [0.2, 0.25) is 0 Å². The molecule has 176 valence electrons. The van der Waals surface area contributed by atoms with E-state index in [1.807, 2.05) is 12.1 Å². The summed E-state index contributed by atoms with van der Waals surface area (Å²) in [5.74, 6) is 0.634. The van der Waals surface area contributed by atoms with Gasteiger partial charge >= 0.3 is 0 Å². The van der Waals surface area contributed by atoms with Gasteiger partial charge in [0, 0.05) is 35.3 Å². The minimum absolute atomic E-state index is 0.0843. The van der Waals surface area contributed by atoms with E-state index in [1.54, 1.807) is 58.7 Å². The molecule has 8 heteroatoms. The van der Waals surface area contributed by atoms with Gasteiger partial charge < -0.3 is 9.47 Å². The van der Waals surface area contributed by atoms with E-state index in [0.717, 1.165) is 11.1 Å². The number of anilines is 2. The second kappa shape index (κ2) is 9.74. The Morgan fingerprint density at radius 2 is 1.26 bits per heavy atom. The van der Waals surface area contributed by atoms with Crippen LogP contribution in [0.4, 0.5) is 11.4 Å². The Kier molecular flexibility index (Phi) is 6.57. The molecule has 0 atom stereocenters. The summed E-state index contributed by atoms with van der Waals surface area (Å²) < 4.78 is 10.1. The molecule has 0 aromatic heterocycles. The van der Waals surface area contributed by atoms with Crippen molar-refractivity contribution in [2.75, 3.05) is 9.80 Å². The summed E-state index contributed by atoms with van der Waals surface area (Å²) >= 11 is 0. The number of amides is 2. The number of nitriles is 2. The molecule has 0 saturated carbocycles. The molecule has 0 radical (unpaired) electrons. The van der Waals surface area contributed by atoms with Crippen LogP contribution in [0.15, 0.2) is 61.7 Å². The first kappa shape index (κ1) is 23.6. The van der Waals surface area contributed by atoms with Crippen LogP contribution in [0.3, 0.4) is 0 Å². The van der Waals surface area contributed by atoms with Crippen molar-refractivity contribution in [1.29, 1.82) is 10.5 Å². The highest BCUT2D eigenvalue weighted by atomic mass is 16.5. The van der Waals surface area contributed by atoms with E-state index < -0.39 is 5.66 Å². The molecule has 2 aromatic rings. The van der Waals surface area contributed by atoms with Crippen molar-refractivity contribution >= 4 is 23.2 Å². The molecule has 4 rings (SSSR count). The van der Waals surface area contributed by atoms with Crippen molar-refractivity contribution in [2.45, 2.75) is 44.2 Å². The molecule has 2 heterocycles. The summed E-state index contributed by atoms with van der Waals surface area (Å²) in [4.78, 5) is 29.8. The van der Waals surface area contributed by atoms with Gasteiger partial charge in [0.15, 0.2) is 0 Å². The third kappa shape index (κ3) is 4.11. The number of hydrogen-bond donors (Lipinski definition) is 0. The number of carbonyl (C=O) groups excluding carboxylic acids is 2. The Morgan fingerprint density at radius 1 is 0.829 bits per heavy atom. The normalized spacial score (nSPS) is 16.2. The molecule has 2 saturated heterocycles. The Bertz CT molecular complexity index is 1190. The van der Waals surface area contributed by atoms with Crippen molar-refractivity contribution in [1.82, 2.24) is 0 Å². The zero-order valence-electron chi connectivity index (χ0n) is 19.2. The maximum Gasteiger partial charge on any atom is 0.292 e. The molecule has 0 aliphatic carbocycles. The molecule has 2 aliphatic rings. The van der Waals surface area contributed by atoms with Crippen LogP contribution >= 0.6 is 0 Å². The van der Waals surface area contributed by atoms with Crippen LogP contribution in [0, 0.1) is 23.0 Å². The second-order valence-corrected chi connectivity index (χ2v) is 8.40. The molecule has 0 bridgehead atoms. The van der Waals surface area contributed by atoms with Crippen molar-refractivity contribution in [3.8, 4) is 24.0 Å². The van der Waals surface area contributed by atoms with Gasteiger partial charge in [-0.05, 0) is 62.1 Å². The van der Waals surface area contributed by atoms with Gasteiger partial charge in [-0.25, -0.2) is 0 Å². The maximum atomic E-state index is 13.2. The minimum Gasteiger partial charge on any atom is -0.388 e. The van der Waals surface area contributed by atoms with Crippen LogP contribution in [-0.4, -0.2) is 17.5 Å². The summed E-state index contributed by atoms with van der Waals surface area (Å²) in [5.41, 5.74) is 1.84. The summed E-state index contributed by atoms with van der Waals surface area (Å²) in [5, 5.41) is 17.9. The van der Waals surface area contributed by atoms with E-state index in [4.69, 9.17) is 20.0 Å². The lowest BCUT2D eigenvalue weighted by Gasteiger charge is -2.42. The van der Waals surface area contributed by atoms with Gasteiger partial charge in [-0.15, -0.1) is 23.7 Å². The quantitative estimate of drug-likeness (QED) is 0.417. The number of hydrogen-bond acceptors (Lipinski definition) is 6. The van der Waals surface area contributed by atoms with Crippen LogP contribution in [-0.2, 0) is 22.4 Å². The average Bonchev–Trinajstić information content (AvgIpc) is 3.35. The second-order valence-electron chi connectivity index (χ2n) is 8.40. The smallest absolute Gasteiger partial charge is 0.292 e. The number of nitrogens with zero attached hydrogens (tertiary/aromatic N) is 4. The van der Waals surface area contributed by atoms with E-state index in [1.165, 1.54) is 0 Å². The fourth-order valence-corrected chi connectivity index (χ4v) is 5.08. The van der Waals surface area contributed by atoms with Crippen LogP contribution in [0.1, 0.15) is 36.8 Å². The molecular weight excluding hydrogens is 444 g/mol. The highest BCUT2D eigenvalue weighted by Gasteiger charge is 2.56. The monoisotopic (exact) mass is 468 g/mol. The molecule has 2 amide bonds. The first-order valence-corrected chi connectivity index (χ1v) is 11.2. The zero-order valence-corrected chi connectivity index (χ0v) is 19.2. The van der Waals surface area contributed by atoms with Crippen molar-refractivity contribution in [2.24, 2.45) is 0 Å². The topological polar surface area (TPSA) is 107 Å². The van der Waals surface area contributed by atoms with Gasteiger partial charge in [0.05, 0.1) is 0 Å². The van der Waals surface area contributed by atoms with E-state index in [2.05, 4.69) is 13.2 Å². The third-order valence-corrected chi connectivity index (χ3v) is 6.45. The Morgan fingerprint density at radius 3 is 1.63 bits per heavy atom. The fourth-order valence-electron chi connectivity index (χ4n) is 5.08.